The quantitative estimate of drug-likeness (QED) is 0.706. The van der Waals surface area contributed by atoms with Crippen molar-refractivity contribution in [1.29, 1.82) is 0 Å². The van der Waals surface area contributed by atoms with Crippen LogP contribution in [0, 0.1) is 5.92 Å². The molecule has 1 saturated heterocycles. The van der Waals surface area contributed by atoms with Gasteiger partial charge in [-0.3, -0.25) is 4.79 Å². The second kappa shape index (κ2) is 8.77. The van der Waals surface area contributed by atoms with Gasteiger partial charge < -0.3 is 29.7 Å². The highest BCUT2D eigenvalue weighted by Crippen LogP contribution is 2.26. The third-order valence-corrected chi connectivity index (χ3v) is 4.99. The molecule has 0 spiro atoms. The Kier molecular flexibility index (Phi) is 6.91. The zero-order chi connectivity index (χ0) is 20.2. The van der Waals surface area contributed by atoms with Crippen LogP contribution in [0.15, 0.2) is 0 Å². The van der Waals surface area contributed by atoms with Crippen LogP contribution in [-0.2, 0) is 14.3 Å². The molecule has 9 nitrogen and oxygen atoms in total. The van der Waals surface area contributed by atoms with Gasteiger partial charge in [-0.05, 0) is 40.0 Å². The first-order valence-corrected chi connectivity index (χ1v) is 9.39. The van der Waals surface area contributed by atoms with Crippen LogP contribution in [0.5, 0.6) is 0 Å². The van der Waals surface area contributed by atoms with Gasteiger partial charge in [-0.2, -0.15) is 0 Å². The number of hydrogen-bond acceptors (Lipinski definition) is 6. The van der Waals surface area contributed by atoms with Gasteiger partial charge in [0.1, 0.15) is 5.60 Å². The number of carboxylic acid groups (broad SMARTS) is 1. The highest BCUT2D eigenvalue weighted by atomic mass is 16.6. The predicted molar refractivity (Wildman–Crippen MR) is 97.5 cm³/mol. The van der Waals surface area contributed by atoms with E-state index in [0.717, 1.165) is 12.8 Å². The summed E-state index contributed by atoms with van der Waals surface area (Å²) in [5.74, 6) is -0.298. The Balaban J connectivity index is 1.92. The minimum absolute atomic E-state index is 0.104. The van der Waals surface area contributed by atoms with Crippen LogP contribution in [0.1, 0.15) is 40.0 Å². The number of nitrogens with one attached hydrogen (secondary N) is 1. The summed E-state index contributed by atoms with van der Waals surface area (Å²) in [6, 6.07) is -0.220. The third kappa shape index (κ3) is 5.98. The Bertz CT molecular complexity index is 562. The second-order valence-corrected chi connectivity index (χ2v) is 8.19. The first-order chi connectivity index (χ1) is 12.6. The molecule has 27 heavy (non-hydrogen) atoms. The molecular formula is C18H31N3O6. The molecule has 1 aliphatic heterocycles. The SMILES string of the molecule is COC(=O)[C@H]1CC[C@@H](NCC2CN(C(=O)OC(C)(C)C)CCN2C(=O)O)C1. The average molecular weight is 385 g/mol. The number of amides is 2. The molecule has 2 amide bonds. The van der Waals surface area contributed by atoms with E-state index in [1.54, 1.807) is 25.7 Å². The van der Waals surface area contributed by atoms with Gasteiger partial charge >= 0.3 is 18.2 Å². The molecule has 9 heteroatoms. The highest BCUT2D eigenvalue weighted by Gasteiger charge is 2.36. The van der Waals surface area contributed by atoms with Gasteiger partial charge in [-0.15, -0.1) is 0 Å². The Labute approximate surface area is 160 Å². The maximum Gasteiger partial charge on any atom is 0.410 e. The fourth-order valence-electron chi connectivity index (χ4n) is 3.62. The van der Waals surface area contributed by atoms with Crippen molar-refractivity contribution in [3.05, 3.63) is 0 Å². The predicted octanol–water partition coefficient (Wildman–Crippen LogP) is 1.52. The summed E-state index contributed by atoms with van der Waals surface area (Å²) in [5.41, 5.74) is -0.596. The lowest BCUT2D eigenvalue weighted by molar-refractivity contribution is -0.145. The monoisotopic (exact) mass is 385 g/mol. The summed E-state index contributed by atoms with van der Waals surface area (Å²) in [4.78, 5) is 38.4. The molecule has 0 bridgehead atoms. The number of nitrogens with zero attached hydrogens (tertiary/aromatic N) is 2. The van der Waals surface area contributed by atoms with Crippen LogP contribution in [0.25, 0.3) is 0 Å². The van der Waals surface area contributed by atoms with E-state index in [4.69, 9.17) is 9.47 Å². The van der Waals surface area contributed by atoms with Crippen molar-refractivity contribution in [2.45, 2.75) is 57.7 Å². The number of rotatable bonds is 4. The molecule has 1 saturated carbocycles. The maximum atomic E-state index is 12.3. The minimum Gasteiger partial charge on any atom is -0.469 e. The Hall–Kier alpha value is -2.03. The summed E-state index contributed by atoms with van der Waals surface area (Å²) in [5, 5.41) is 12.8. The lowest BCUT2D eigenvalue weighted by Crippen LogP contribution is -2.60. The van der Waals surface area contributed by atoms with Crippen LogP contribution in [0.4, 0.5) is 9.59 Å². The molecule has 1 unspecified atom stereocenters. The number of hydrogen-bond donors (Lipinski definition) is 2. The van der Waals surface area contributed by atoms with Gasteiger partial charge in [-0.1, -0.05) is 0 Å². The van der Waals surface area contributed by atoms with Crippen molar-refractivity contribution in [3.8, 4) is 0 Å². The van der Waals surface area contributed by atoms with Gasteiger partial charge in [0.2, 0.25) is 0 Å². The van der Waals surface area contributed by atoms with Crippen molar-refractivity contribution in [3.63, 3.8) is 0 Å². The van der Waals surface area contributed by atoms with Gasteiger partial charge in [0.05, 0.1) is 19.1 Å². The Morgan fingerprint density at radius 2 is 1.89 bits per heavy atom. The number of methoxy groups -OCH3 is 1. The number of esters is 1. The molecule has 2 fully saturated rings. The molecule has 1 heterocycles. The summed E-state index contributed by atoms with van der Waals surface area (Å²) >= 11 is 0. The minimum atomic E-state index is -0.996. The van der Waals surface area contributed by atoms with Crippen molar-refractivity contribution in [1.82, 2.24) is 15.1 Å². The van der Waals surface area contributed by atoms with Crippen molar-refractivity contribution < 1.29 is 29.0 Å². The lowest BCUT2D eigenvalue weighted by Gasteiger charge is -2.40. The van der Waals surface area contributed by atoms with Crippen molar-refractivity contribution in [2.75, 3.05) is 33.3 Å². The van der Waals surface area contributed by atoms with E-state index >= 15 is 0 Å². The third-order valence-electron chi connectivity index (χ3n) is 4.99. The summed E-state index contributed by atoms with van der Waals surface area (Å²) in [6.45, 7) is 6.66. The molecule has 0 aromatic heterocycles. The average Bonchev–Trinajstić information content (AvgIpc) is 3.06. The summed E-state index contributed by atoms with van der Waals surface area (Å²) in [7, 11) is 1.39. The normalized spacial score (nSPS) is 26.0. The smallest absolute Gasteiger partial charge is 0.410 e. The van der Waals surface area contributed by atoms with E-state index < -0.39 is 17.8 Å². The van der Waals surface area contributed by atoms with E-state index in [1.807, 2.05) is 0 Å². The summed E-state index contributed by atoms with van der Waals surface area (Å²) in [6.07, 6.45) is 0.868. The first-order valence-electron chi connectivity index (χ1n) is 9.39. The fourth-order valence-corrected chi connectivity index (χ4v) is 3.62. The van der Waals surface area contributed by atoms with Crippen LogP contribution < -0.4 is 5.32 Å². The Morgan fingerprint density at radius 3 is 2.48 bits per heavy atom. The first kappa shape index (κ1) is 21.3. The molecule has 0 aromatic carbocycles. The van der Waals surface area contributed by atoms with Crippen molar-refractivity contribution >= 4 is 18.2 Å². The molecule has 2 aliphatic rings. The maximum absolute atomic E-state index is 12.3. The van der Waals surface area contributed by atoms with Crippen LogP contribution >= 0.6 is 0 Å². The lowest BCUT2D eigenvalue weighted by atomic mass is 10.1. The topological polar surface area (TPSA) is 108 Å². The molecule has 1 aliphatic carbocycles. The molecule has 2 rings (SSSR count). The van der Waals surface area contributed by atoms with Gasteiger partial charge in [-0.25, -0.2) is 9.59 Å². The molecule has 154 valence electrons. The zero-order valence-electron chi connectivity index (χ0n) is 16.6. The number of ether oxygens (including phenoxy) is 2. The number of carbonyl (C=O) groups is 3. The van der Waals surface area contributed by atoms with E-state index in [9.17, 15) is 19.5 Å². The highest BCUT2D eigenvalue weighted by molar-refractivity contribution is 5.72. The van der Waals surface area contributed by atoms with Gasteiger partial charge in [0, 0.05) is 32.2 Å². The molecule has 2 N–H and O–H groups in total. The van der Waals surface area contributed by atoms with E-state index in [2.05, 4.69) is 5.32 Å². The molecule has 0 aromatic rings. The van der Waals surface area contributed by atoms with E-state index in [1.165, 1.54) is 12.0 Å². The van der Waals surface area contributed by atoms with Crippen LogP contribution in [-0.4, -0.2) is 84.0 Å². The molecule has 3 atom stereocenters. The summed E-state index contributed by atoms with van der Waals surface area (Å²) < 4.78 is 10.2. The number of piperazine rings is 1. The fraction of sp³-hybridized carbons (Fsp3) is 0.833. The largest absolute Gasteiger partial charge is 0.469 e. The van der Waals surface area contributed by atoms with Crippen LogP contribution in [0.2, 0.25) is 0 Å². The molecule has 0 radical (unpaired) electrons. The van der Waals surface area contributed by atoms with Gasteiger partial charge in [0.25, 0.3) is 0 Å². The number of carbonyl (C=O) groups excluding carboxylic acids is 2. The van der Waals surface area contributed by atoms with E-state index in [-0.39, 0.29) is 37.1 Å². The van der Waals surface area contributed by atoms with Gasteiger partial charge in [0.15, 0.2) is 0 Å². The van der Waals surface area contributed by atoms with Crippen LogP contribution in [0.3, 0.4) is 0 Å². The Morgan fingerprint density at radius 1 is 1.19 bits per heavy atom. The second-order valence-electron chi connectivity index (χ2n) is 8.19. The standard InChI is InChI=1S/C18H31N3O6/c1-18(2,3)27-17(25)20-7-8-21(16(23)24)14(11-20)10-19-13-6-5-12(9-13)15(22)26-4/h12-14,19H,5-11H2,1-4H3,(H,23,24)/t12-,13+,14?/m0/s1. The zero-order valence-corrected chi connectivity index (χ0v) is 16.6. The molecular weight excluding hydrogens is 354 g/mol. The van der Waals surface area contributed by atoms with E-state index in [0.29, 0.717) is 19.5 Å². The van der Waals surface area contributed by atoms with Crippen molar-refractivity contribution in [2.24, 2.45) is 5.92 Å².